The zero-order chi connectivity index (χ0) is 33.6. The van der Waals surface area contributed by atoms with Crippen LogP contribution in [0.3, 0.4) is 0 Å². The quantitative estimate of drug-likeness (QED) is 0.0339. The largest absolute Gasteiger partial charge is 0.477 e. The smallest absolute Gasteiger partial charge is 0.362 e. The Labute approximate surface area is 276 Å². The molecule has 1 N–H and O–H groups in total. The summed E-state index contributed by atoms with van der Waals surface area (Å²) in [6.45, 7) is 4.66. The minimum Gasteiger partial charge on any atom is -0.477 e. The van der Waals surface area contributed by atoms with Crippen LogP contribution in [0.15, 0.2) is 12.2 Å². The Balaban J connectivity index is 4.47. The van der Waals surface area contributed by atoms with E-state index >= 15 is 0 Å². The first-order valence-corrected chi connectivity index (χ1v) is 18.2. The number of quaternary nitrogens is 1. The SMILES string of the molecule is CCCCCC/C=C/CCCC(=O)OCC(COCCC(C(=O)O)[N+](C)(C)C)OC(=O)CCCCCCCCCCCCCC. The number of esters is 2. The van der Waals surface area contributed by atoms with Crippen molar-refractivity contribution in [2.75, 3.05) is 41.0 Å². The molecule has 0 aromatic rings. The average molecular weight is 641 g/mol. The first-order valence-electron chi connectivity index (χ1n) is 18.2. The highest BCUT2D eigenvalue weighted by Gasteiger charge is 2.31. The minimum atomic E-state index is -0.878. The van der Waals surface area contributed by atoms with E-state index in [-0.39, 0.29) is 36.2 Å². The van der Waals surface area contributed by atoms with E-state index in [0.717, 1.165) is 32.1 Å². The van der Waals surface area contributed by atoms with Crippen molar-refractivity contribution in [3.05, 3.63) is 12.2 Å². The number of hydrogen-bond donors (Lipinski definition) is 1. The molecule has 0 saturated heterocycles. The van der Waals surface area contributed by atoms with Gasteiger partial charge < -0.3 is 23.8 Å². The van der Waals surface area contributed by atoms with Gasteiger partial charge in [0, 0.05) is 19.3 Å². The van der Waals surface area contributed by atoms with Crippen molar-refractivity contribution >= 4 is 17.9 Å². The molecule has 0 aliphatic rings. The van der Waals surface area contributed by atoms with Crippen molar-refractivity contribution < 1.29 is 38.2 Å². The molecule has 0 heterocycles. The molecule has 0 saturated carbocycles. The molecule has 8 heteroatoms. The van der Waals surface area contributed by atoms with Gasteiger partial charge in [-0.25, -0.2) is 4.79 Å². The molecule has 0 radical (unpaired) electrons. The number of carboxylic acids is 1. The van der Waals surface area contributed by atoms with Crippen LogP contribution in [-0.4, -0.2) is 80.6 Å². The van der Waals surface area contributed by atoms with Gasteiger partial charge in [-0.3, -0.25) is 9.59 Å². The Morgan fingerprint density at radius 3 is 1.67 bits per heavy atom. The summed E-state index contributed by atoms with van der Waals surface area (Å²) in [5, 5.41) is 9.55. The lowest BCUT2D eigenvalue weighted by atomic mass is 10.0. The fourth-order valence-corrected chi connectivity index (χ4v) is 5.27. The van der Waals surface area contributed by atoms with Crippen LogP contribution in [0, 0.1) is 0 Å². The Kier molecular flexibility index (Phi) is 28.2. The van der Waals surface area contributed by atoms with Crippen molar-refractivity contribution in [2.45, 2.75) is 167 Å². The van der Waals surface area contributed by atoms with Gasteiger partial charge in [0.15, 0.2) is 12.1 Å². The average Bonchev–Trinajstić information content (AvgIpc) is 2.98. The Bertz CT molecular complexity index is 762. The van der Waals surface area contributed by atoms with Crippen LogP contribution >= 0.6 is 0 Å². The number of hydrogen-bond acceptors (Lipinski definition) is 6. The molecule has 264 valence electrons. The summed E-state index contributed by atoms with van der Waals surface area (Å²) in [5.74, 6) is -1.51. The van der Waals surface area contributed by atoms with Crippen molar-refractivity contribution in [3.8, 4) is 0 Å². The van der Waals surface area contributed by atoms with Crippen LogP contribution in [0.1, 0.15) is 155 Å². The highest BCUT2D eigenvalue weighted by molar-refractivity contribution is 5.72. The lowest BCUT2D eigenvalue weighted by molar-refractivity contribution is -0.887. The molecule has 0 aliphatic heterocycles. The highest BCUT2D eigenvalue weighted by Crippen LogP contribution is 2.14. The molecule has 0 fully saturated rings. The molecule has 2 atom stereocenters. The van der Waals surface area contributed by atoms with Crippen LogP contribution in [0.25, 0.3) is 0 Å². The second-order valence-corrected chi connectivity index (χ2v) is 13.5. The number of allylic oxidation sites excluding steroid dienone is 2. The first-order chi connectivity index (χ1) is 21.6. The number of unbranched alkanes of at least 4 members (excludes halogenated alkanes) is 16. The molecule has 0 aliphatic carbocycles. The van der Waals surface area contributed by atoms with E-state index in [2.05, 4.69) is 26.0 Å². The van der Waals surface area contributed by atoms with E-state index in [1.54, 1.807) is 0 Å². The summed E-state index contributed by atoms with van der Waals surface area (Å²) in [5.41, 5.74) is 0. The topological polar surface area (TPSA) is 99.1 Å². The number of carboxylic acid groups (broad SMARTS) is 1. The third-order valence-electron chi connectivity index (χ3n) is 8.16. The van der Waals surface area contributed by atoms with E-state index < -0.39 is 18.1 Å². The maximum absolute atomic E-state index is 12.6. The normalized spacial score (nSPS) is 13.2. The zero-order valence-corrected chi connectivity index (χ0v) is 29.8. The van der Waals surface area contributed by atoms with Gasteiger partial charge in [-0.1, -0.05) is 116 Å². The van der Waals surface area contributed by atoms with Crippen molar-refractivity contribution in [2.24, 2.45) is 0 Å². The standard InChI is InChI=1S/C37H69NO7/c1-6-8-10-12-14-16-17-18-20-22-24-26-28-36(40)45-33(31-43-30-29-34(37(41)42)38(3,4)5)32-44-35(39)27-25-23-21-19-15-13-11-9-7-2/h19,21,33-34H,6-18,20,22-32H2,1-5H3/p+1/b21-19+. The Hall–Kier alpha value is -1.93. The van der Waals surface area contributed by atoms with E-state index in [1.807, 2.05) is 21.1 Å². The summed E-state index contributed by atoms with van der Waals surface area (Å²) in [4.78, 5) is 36.6. The number of carbonyl (C=O) groups is 3. The summed E-state index contributed by atoms with van der Waals surface area (Å²) < 4.78 is 17.1. The second-order valence-electron chi connectivity index (χ2n) is 13.5. The molecular formula is C37H70NO7+. The van der Waals surface area contributed by atoms with Crippen LogP contribution in [0.2, 0.25) is 0 Å². The van der Waals surface area contributed by atoms with Gasteiger partial charge in [0.05, 0.1) is 34.4 Å². The van der Waals surface area contributed by atoms with Crippen LogP contribution in [0.4, 0.5) is 0 Å². The second kappa shape index (κ2) is 29.5. The molecule has 2 unspecified atom stereocenters. The lowest BCUT2D eigenvalue weighted by Gasteiger charge is -2.31. The monoisotopic (exact) mass is 641 g/mol. The molecule has 8 nitrogen and oxygen atoms in total. The number of likely N-dealkylation sites (N-methyl/N-ethyl adjacent to an activating group) is 1. The van der Waals surface area contributed by atoms with Crippen LogP contribution in [-0.2, 0) is 28.6 Å². The molecule has 0 amide bonds. The fourth-order valence-electron chi connectivity index (χ4n) is 5.27. The van der Waals surface area contributed by atoms with E-state index in [0.29, 0.717) is 25.7 Å². The summed E-state index contributed by atoms with van der Waals surface area (Å²) in [6, 6.07) is -0.611. The molecule has 0 rings (SSSR count). The number of ether oxygens (including phenoxy) is 3. The van der Waals surface area contributed by atoms with Gasteiger partial charge in [0.2, 0.25) is 0 Å². The molecule has 0 aromatic heterocycles. The van der Waals surface area contributed by atoms with Gasteiger partial charge in [-0.05, 0) is 32.1 Å². The molecule has 45 heavy (non-hydrogen) atoms. The minimum absolute atomic E-state index is 0.0573. The molecule has 0 spiro atoms. The maximum Gasteiger partial charge on any atom is 0.362 e. The first kappa shape index (κ1) is 43.1. The third-order valence-corrected chi connectivity index (χ3v) is 8.16. The van der Waals surface area contributed by atoms with E-state index in [4.69, 9.17) is 14.2 Å². The Morgan fingerprint density at radius 2 is 1.13 bits per heavy atom. The highest BCUT2D eigenvalue weighted by atomic mass is 16.6. The third kappa shape index (κ3) is 28.1. The number of rotatable bonds is 32. The van der Waals surface area contributed by atoms with Gasteiger partial charge >= 0.3 is 17.9 Å². The number of carbonyl (C=O) groups excluding carboxylic acids is 2. The number of aliphatic carboxylic acids is 1. The lowest BCUT2D eigenvalue weighted by Crippen LogP contribution is -2.50. The fraction of sp³-hybridized carbons (Fsp3) is 0.865. The summed E-state index contributed by atoms with van der Waals surface area (Å²) in [6.07, 6.45) is 26.9. The van der Waals surface area contributed by atoms with Crippen molar-refractivity contribution in [1.82, 2.24) is 0 Å². The summed E-state index contributed by atoms with van der Waals surface area (Å²) in [7, 11) is 5.51. The maximum atomic E-state index is 12.6. The number of nitrogens with zero attached hydrogens (tertiary/aromatic N) is 1. The molecule has 0 bridgehead atoms. The van der Waals surface area contributed by atoms with Crippen molar-refractivity contribution in [1.29, 1.82) is 0 Å². The van der Waals surface area contributed by atoms with Gasteiger partial charge in [-0.15, -0.1) is 0 Å². The predicted octanol–water partition coefficient (Wildman–Crippen LogP) is 8.80. The Morgan fingerprint density at radius 1 is 0.644 bits per heavy atom. The van der Waals surface area contributed by atoms with E-state index in [1.165, 1.54) is 83.5 Å². The molecular weight excluding hydrogens is 570 g/mol. The van der Waals surface area contributed by atoms with Gasteiger partial charge in [-0.2, -0.15) is 0 Å². The predicted molar refractivity (Wildman–Crippen MR) is 183 cm³/mol. The molecule has 0 aromatic carbocycles. The van der Waals surface area contributed by atoms with Crippen molar-refractivity contribution in [3.63, 3.8) is 0 Å². The van der Waals surface area contributed by atoms with Crippen LogP contribution in [0.5, 0.6) is 0 Å². The summed E-state index contributed by atoms with van der Waals surface area (Å²) >= 11 is 0. The van der Waals surface area contributed by atoms with Crippen LogP contribution < -0.4 is 0 Å². The van der Waals surface area contributed by atoms with Gasteiger partial charge in [0.25, 0.3) is 0 Å². The van der Waals surface area contributed by atoms with E-state index in [9.17, 15) is 19.5 Å². The zero-order valence-electron chi connectivity index (χ0n) is 29.8. The van der Waals surface area contributed by atoms with Gasteiger partial charge in [0.1, 0.15) is 6.61 Å².